The Labute approximate surface area is 154 Å². The van der Waals surface area contributed by atoms with Crippen molar-refractivity contribution in [3.63, 3.8) is 0 Å². The third-order valence-corrected chi connectivity index (χ3v) is 5.04. The third-order valence-electron chi connectivity index (χ3n) is 5.04. The molecule has 1 fully saturated rings. The lowest BCUT2D eigenvalue weighted by molar-refractivity contribution is 0.196. The van der Waals surface area contributed by atoms with Crippen LogP contribution >= 0.6 is 0 Å². The summed E-state index contributed by atoms with van der Waals surface area (Å²) in [5, 5.41) is 0. The molecule has 1 aromatic carbocycles. The first-order valence-corrected chi connectivity index (χ1v) is 9.28. The van der Waals surface area contributed by atoms with Gasteiger partial charge < -0.3 is 4.57 Å². The Hall–Kier alpha value is -2.53. The Morgan fingerprint density at radius 3 is 2.77 bits per heavy atom. The van der Waals surface area contributed by atoms with E-state index in [-0.39, 0.29) is 0 Å². The van der Waals surface area contributed by atoms with Crippen LogP contribution in [0.1, 0.15) is 35.8 Å². The van der Waals surface area contributed by atoms with E-state index in [1.807, 2.05) is 37.0 Å². The molecular formula is C21H25N5. The molecule has 0 bridgehead atoms. The standard InChI is InChI=1S/C21H25N5/c1-16-13-19(21-22-10-12-25(21)2)24-20(23-16)18-9-6-11-26(15-18)14-17-7-4-3-5-8-17/h3-5,7-8,10,12-13,18H,6,9,11,14-15H2,1-2H3. The molecule has 0 radical (unpaired) electrons. The summed E-state index contributed by atoms with van der Waals surface area (Å²) in [6.07, 6.45) is 6.10. The number of aromatic nitrogens is 4. The number of rotatable bonds is 4. The van der Waals surface area contributed by atoms with E-state index in [4.69, 9.17) is 9.97 Å². The normalized spacial score (nSPS) is 18.2. The van der Waals surface area contributed by atoms with Gasteiger partial charge in [-0.15, -0.1) is 0 Å². The molecule has 0 N–H and O–H groups in total. The van der Waals surface area contributed by atoms with E-state index >= 15 is 0 Å². The van der Waals surface area contributed by atoms with Crippen molar-refractivity contribution in [3.05, 3.63) is 65.9 Å². The molecule has 26 heavy (non-hydrogen) atoms. The Kier molecular flexibility index (Phi) is 4.80. The van der Waals surface area contributed by atoms with Crippen molar-refractivity contribution in [1.82, 2.24) is 24.4 Å². The van der Waals surface area contributed by atoms with E-state index in [1.54, 1.807) is 0 Å². The van der Waals surface area contributed by atoms with E-state index in [1.165, 1.54) is 12.0 Å². The predicted molar refractivity (Wildman–Crippen MR) is 103 cm³/mol. The summed E-state index contributed by atoms with van der Waals surface area (Å²) in [6, 6.07) is 12.7. The number of likely N-dealkylation sites (tertiary alicyclic amines) is 1. The van der Waals surface area contributed by atoms with Gasteiger partial charge in [-0.05, 0) is 37.9 Å². The summed E-state index contributed by atoms with van der Waals surface area (Å²) >= 11 is 0. The lowest BCUT2D eigenvalue weighted by Crippen LogP contribution is -2.34. The topological polar surface area (TPSA) is 46.8 Å². The number of imidazole rings is 1. The van der Waals surface area contributed by atoms with Crippen LogP contribution in [0.15, 0.2) is 48.8 Å². The number of nitrogens with zero attached hydrogens (tertiary/aromatic N) is 5. The lowest BCUT2D eigenvalue weighted by atomic mass is 9.96. The molecule has 5 nitrogen and oxygen atoms in total. The maximum Gasteiger partial charge on any atom is 0.158 e. The smallest absolute Gasteiger partial charge is 0.158 e. The number of benzene rings is 1. The SMILES string of the molecule is Cc1cc(-c2nccn2C)nc(C2CCCN(Cc3ccccc3)C2)n1. The van der Waals surface area contributed by atoms with Gasteiger partial charge in [0.05, 0.1) is 0 Å². The second kappa shape index (κ2) is 7.38. The molecule has 4 rings (SSSR count). The maximum atomic E-state index is 4.88. The van der Waals surface area contributed by atoms with Crippen LogP contribution < -0.4 is 0 Å². The third kappa shape index (κ3) is 3.68. The summed E-state index contributed by atoms with van der Waals surface area (Å²) in [6.45, 7) is 5.19. The maximum absolute atomic E-state index is 4.88. The molecule has 5 heteroatoms. The Morgan fingerprint density at radius 2 is 2.00 bits per heavy atom. The zero-order chi connectivity index (χ0) is 17.9. The molecule has 1 aliphatic heterocycles. The Morgan fingerprint density at radius 1 is 1.15 bits per heavy atom. The molecule has 1 unspecified atom stereocenters. The fourth-order valence-electron chi connectivity index (χ4n) is 3.75. The molecule has 3 heterocycles. The first kappa shape index (κ1) is 16.9. The molecule has 1 aliphatic rings. The van der Waals surface area contributed by atoms with Gasteiger partial charge in [0, 0.05) is 44.1 Å². The average Bonchev–Trinajstić information content (AvgIpc) is 3.08. The molecule has 1 atom stereocenters. The summed E-state index contributed by atoms with van der Waals surface area (Å²) in [4.78, 5) is 16.6. The van der Waals surface area contributed by atoms with Crippen molar-refractivity contribution in [2.45, 2.75) is 32.2 Å². The molecule has 2 aromatic heterocycles. The van der Waals surface area contributed by atoms with Gasteiger partial charge in [0.15, 0.2) is 5.82 Å². The molecule has 3 aromatic rings. The Balaban J connectivity index is 1.55. The van der Waals surface area contributed by atoms with Gasteiger partial charge in [0.2, 0.25) is 0 Å². The largest absolute Gasteiger partial charge is 0.333 e. The second-order valence-corrected chi connectivity index (χ2v) is 7.17. The van der Waals surface area contributed by atoms with Crippen molar-refractivity contribution in [2.75, 3.05) is 13.1 Å². The fourth-order valence-corrected chi connectivity index (χ4v) is 3.75. The average molecular weight is 347 g/mol. The van der Waals surface area contributed by atoms with Gasteiger partial charge in [-0.2, -0.15) is 0 Å². The van der Waals surface area contributed by atoms with Crippen LogP contribution in [0.25, 0.3) is 11.5 Å². The molecule has 0 amide bonds. The zero-order valence-electron chi connectivity index (χ0n) is 15.5. The Bertz CT molecular complexity index is 871. The highest BCUT2D eigenvalue weighted by atomic mass is 15.1. The highest BCUT2D eigenvalue weighted by Gasteiger charge is 2.24. The minimum atomic E-state index is 0.381. The second-order valence-electron chi connectivity index (χ2n) is 7.17. The van der Waals surface area contributed by atoms with Crippen LogP contribution in [0.3, 0.4) is 0 Å². The summed E-state index contributed by atoms with van der Waals surface area (Å²) < 4.78 is 2.01. The summed E-state index contributed by atoms with van der Waals surface area (Å²) in [5.41, 5.74) is 3.29. The van der Waals surface area contributed by atoms with Crippen molar-refractivity contribution < 1.29 is 0 Å². The number of aryl methyl sites for hydroxylation is 2. The summed E-state index contributed by atoms with van der Waals surface area (Å²) in [7, 11) is 2.00. The van der Waals surface area contributed by atoms with Gasteiger partial charge in [0.25, 0.3) is 0 Å². The van der Waals surface area contributed by atoms with Crippen LogP contribution in [0.5, 0.6) is 0 Å². The monoisotopic (exact) mass is 347 g/mol. The predicted octanol–water partition coefficient (Wildman–Crippen LogP) is 3.57. The van der Waals surface area contributed by atoms with Crippen molar-refractivity contribution in [3.8, 4) is 11.5 Å². The van der Waals surface area contributed by atoms with Crippen molar-refractivity contribution >= 4 is 0 Å². The van der Waals surface area contributed by atoms with Gasteiger partial charge in [-0.25, -0.2) is 15.0 Å². The van der Waals surface area contributed by atoms with E-state index < -0.39 is 0 Å². The van der Waals surface area contributed by atoms with Crippen molar-refractivity contribution in [2.24, 2.45) is 7.05 Å². The number of hydrogen-bond donors (Lipinski definition) is 0. The first-order valence-electron chi connectivity index (χ1n) is 9.28. The molecule has 0 spiro atoms. The van der Waals surface area contributed by atoms with E-state index in [0.29, 0.717) is 5.92 Å². The first-order chi connectivity index (χ1) is 12.7. The summed E-state index contributed by atoms with van der Waals surface area (Å²) in [5.74, 6) is 2.24. The molecule has 134 valence electrons. The minimum absolute atomic E-state index is 0.381. The van der Waals surface area contributed by atoms with Crippen LogP contribution in [-0.2, 0) is 13.6 Å². The van der Waals surface area contributed by atoms with Gasteiger partial charge in [0.1, 0.15) is 11.5 Å². The lowest BCUT2D eigenvalue weighted by Gasteiger charge is -2.32. The van der Waals surface area contributed by atoms with Crippen molar-refractivity contribution in [1.29, 1.82) is 0 Å². The number of hydrogen-bond acceptors (Lipinski definition) is 4. The van der Waals surface area contributed by atoms with E-state index in [2.05, 4.69) is 40.2 Å². The van der Waals surface area contributed by atoms with Crippen LogP contribution in [0.2, 0.25) is 0 Å². The fraction of sp³-hybridized carbons (Fsp3) is 0.381. The highest BCUT2D eigenvalue weighted by molar-refractivity contribution is 5.50. The molecular weight excluding hydrogens is 322 g/mol. The van der Waals surface area contributed by atoms with Crippen LogP contribution in [-0.4, -0.2) is 37.5 Å². The van der Waals surface area contributed by atoms with Crippen LogP contribution in [0.4, 0.5) is 0 Å². The molecule has 1 saturated heterocycles. The van der Waals surface area contributed by atoms with Crippen LogP contribution in [0, 0.1) is 6.92 Å². The quantitative estimate of drug-likeness (QED) is 0.724. The van der Waals surface area contributed by atoms with Gasteiger partial charge >= 0.3 is 0 Å². The molecule has 0 aliphatic carbocycles. The minimum Gasteiger partial charge on any atom is -0.333 e. The molecule has 0 saturated carbocycles. The van der Waals surface area contributed by atoms with E-state index in [0.717, 1.165) is 49.1 Å². The van der Waals surface area contributed by atoms with Gasteiger partial charge in [-0.3, -0.25) is 4.90 Å². The number of piperidine rings is 1. The zero-order valence-corrected chi connectivity index (χ0v) is 15.5. The van der Waals surface area contributed by atoms with Gasteiger partial charge in [-0.1, -0.05) is 30.3 Å². The highest BCUT2D eigenvalue weighted by Crippen LogP contribution is 2.27. The van der Waals surface area contributed by atoms with E-state index in [9.17, 15) is 0 Å².